The van der Waals surface area contributed by atoms with E-state index < -0.39 is 0 Å². The molecular formula is C12H12O4. The molecular weight excluding hydrogens is 208 g/mol. The first-order valence-corrected chi connectivity index (χ1v) is 4.69. The second-order valence-corrected chi connectivity index (χ2v) is 3.12. The molecule has 0 saturated carbocycles. The summed E-state index contributed by atoms with van der Waals surface area (Å²) in [5.74, 6) is -0.403. The molecule has 84 valence electrons. The van der Waals surface area contributed by atoms with E-state index in [1.165, 1.54) is 19.2 Å². The topological polar surface area (TPSA) is 63.6 Å². The molecule has 0 aliphatic rings. The number of methoxy groups -OCH3 is 1. The molecule has 0 radical (unpaired) electrons. The van der Waals surface area contributed by atoms with Crippen LogP contribution in [0.15, 0.2) is 24.3 Å². The number of benzene rings is 1. The minimum Gasteiger partial charge on any atom is -0.507 e. The van der Waals surface area contributed by atoms with Crippen LogP contribution in [0.2, 0.25) is 0 Å². The van der Waals surface area contributed by atoms with Gasteiger partial charge in [0.05, 0.1) is 19.1 Å². The number of hydrogen-bond donors (Lipinski definition) is 1. The number of aromatic hydroxyl groups is 1. The van der Waals surface area contributed by atoms with Crippen LogP contribution in [-0.4, -0.2) is 24.5 Å². The van der Waals surface area contributed by atoms with Gasteiger partial charge in [-0.3, -0.25) is 9.59 Å². The Balaban J connectivity index is 2.71. The lowest BCUT2D eigenvalue weighted by Gasteiger charge is -1.98. The van der Waals surface area contributed by atoms with Crippen molar-refractivity contribution >= 4 is 18.3 Å². The highest BCUT2D eigenvalue weighted by Gasteiger charge is 1.99. The largest absolute Gasteiger partial charge is 0.507 e. The third-order valence-electron chi connectivity index (χ3n) is 2.00. The van der Waals surface area contributed by atoms with E-state index in [-0.39, 0.29) is 23.7 Å². The molecule has 4 nitrogen and oxygen atoms in total. The van der Waals surface area contributed by atoms with E-state index in [0.29, 0.717) is 11.8 Å². The van der Waals surface area contributed by atoms with E-state index in [1.54, 1.807) is 18.2 Å². The molecule has 0 aromatic heterocycles. The molecule has 0 atom stereocenters. The molecule has 0 aliphatic carbocycles. The summed E-state index contributed by atoms with van der Waals surface area (Å²) in [6.45, 7) is 0. The molecule has 1 aromatic rings. The highest BCUT2D eigenvalue weighted by Crippen LogP contribution is 2.17. The van der Waals surface area contributed by atoms with Gasteiger partial charge >= 0.3 is 5.97 Å². The van der Waals surface area contributed by atoms with Crippen molar-refractivity contribution in [2.75, 3.05) is 7.11 Å². The zero-order chi connectivity index (χ0) is 12.0. The van der Waals surface area contributed by atoms with Gasteiger partial charge in [0.2, 0.25) is 0 Å². The first-order chi connectivity index (χ1) is 7.67. The van der Waals surface area contributed by atoms with Crippen molar-refractivity contribution in [1.82, 2.24) is 0 Å². The Labute approximate surface area is 93.2 Å². The Morgan fingerprint density at radius 1 is 1.50 bits per heavy atom. The second-order valence-electron chi connectivity index (χ2n) is 3.12. The van der Waals surface area contributed by atoms with Gasteiger partial charge in [-0.1, -0.05) is 18.2 Å². The fraction of sp³-hybridized carbons (Fsp3) is 0.167. The maximum absolute atomic E-state index is 10.8. The Kier molecular flexibility index (Phi) is 4.27. The molecule has 0 aliphatic heterocycles. The summed E-state index contributed by atoms with van der Waals surface area (Å²) >= 11 is 0. The molecule has 0 unspecified atom stereocenters. The van der Waals surface area contributed by atoms with Gasteiger partial charge in [0.1, 0.15) is 5.75 Å². The monoisotopic (exact) mass is 220 g/mol. The summed E-state index contributed by atoms with van der Waals surface area (Å²) in [6.07, 6.45) is 4.05. The maximum atomic E-state index is 10.8. The van der Waals surface area contributed by atoms with Crippen LogP contribution >= 0.6 is 0 Å². The highest BCUT2D eigenvalue weighted by atomic mass is 16.5. The summed E-state index contributed by atoms with van der Waals surface area (Å²) in [5, 5.41) is 9.39. The lowest BCUT2D eigenvalue weighted by molar-refractivity contribution is -0.139. The van der Waals surface area contributed by atoms with Crippen molar-refractivity contribution in [2.24, 2.45) is 0 Å². The van der Waals surface area contributed by atoms with Gasteiger partial charge in [-0.2, -0.15) is 0 Å². The van der Waals surface area contributed by atoms with Crippen molar-refractivity contribution in [3.05, 3.63) is 35.4 Å². The minimum absolute atomic E-state index is 0.0739. The van der Waals surface area contributed by atoms with E-state index in [0.717, 1.165) is 0 Å². The number of hydrogen-bond acceptors (Lipinski definition) is 4. The van der Waals surface area contributed by atoms with Gasteiger partial charge in [0.25, 0.3) is 0 Å². The number of phenols is 1. The van der Waals surface area contributed by atoms with Crippen LogP contribution in [-0.2, 0) is 9.53 Å². The molecule has 1 N–H and O–H groups in total. The number of carbonyl (C=O) groups is 2. The van der Waals surface area contributed by atoms with Crippen molar-refractivity contribution in [3.8, 4) is 5.75 Å². The molecule has 0 saturated heterocycles. The lowest BCUT2D eigenvalue weighted by atomic mass is 10.1. The molecule has 0 bridgehead atoms. The molecule has 1 aromatic carbocycles. The fourth-order valence-electron chi connectivity index (χ4n) is 1.14. The number of carbonyl (C=O) groups excluding carboxylic acids is 2. The third-order valence-corrected chi connectivity index (χ3v) is 2.00. The number of aldehydes is 1. The van der Waals surface area contributed by atoms with Crippen molar-refractivity contribution in [2.45, 2.75) is 6.42 Å². The van der Waals surface area contributed by atoms with Crippen molar-refractivity contribution < 1.29 is 19.4 Å². The van der Waals surface area contributed by atoms with E-state index in [4.69, 9.17) is 0 Å². The predicted molar refractivity (Wildman–Crippen MR) is 59.2 cm³/mol. The molecule has 4 heteroatoms. The van der Waals surface area contributed by atoms with Gasteiger partial charge in [-0.05, 0) is 17.7 Å². The lowest BCUT2D eigenvalue weighted by Crippen LogP contribution is -1.96. The van der Waals surface area contributed by atoms with E-state index >= 15 is 0 Å². The Morgan fingerprint density at radius 2 is 2.25 bits per heavy atom. The first kappa shape index (κ1) is 12.0. The van der Waals surface area contributed by atoms with Crippen LogP contribution in [0.25, 0.3) is 6.08 Å². The standard InChI is InChI=1S/C12H12O4/c1-16-12(15)4-2-3-9-5-6-10(8-13)11(14)7-9/h2-3,5-8,14H,4H2,1H3. The van der Waals surface area contributed by atoms with E-state index in [9.17, 15) is 14.7 Å². The zero-order valence-corrected chi connectivity index (χ0v) is 8.84. The molecule has 0 spiro atoms. The van der Waals surface area contributed by atoms with E-state index in [1.807, 2.05) is 0 Å². The van der Waals surface area contributed by atoms with Gasteiger partial charge in [-0.15, -0.1) is 0 Å². The molecule has 0 heterocycles. The SMILES string of the molecule is COC(=O)CC=Cc1ccc(C=O)c(O)c1. The quantitative estimate of drug-likeness (QED) is 0.620. The molecule has 16 heavy (non-hydrogen) atoms. The minimum atomic E-state index is -0.329. The third kappa shape index (κ3) is 3.24. The van der Waals surface area contributed by atoms with E-state index in [2.05, 4.69) is 4.74 Å². The molecule has 1 rings (SSSR count). The molecule has 0 fully saturated rings. The summed E-state index contributed by atoms with van der Waals surface area (Å²) in [5.41, 5.74) is 0.956. The Hall–Kier alpha value is -2.10. The summed E-state index contributed by atoms with van der Waals surface area (Å²) in [7, 11) is 1.32. The summed E-state index contributed by atoms with van der Waals surface area (Å²) < 4.78 is 4.46. The summed E-state index contributed by atoms with van der Waals surface area (Å²) in [4.78, 5) is 21.2. The highest BCUT2D eigenvalue weighted by molar-refractivity contribution is 5.80. The van der Waals surface area contributed by atoms with Crippen LogP contribution in [0.4, 0.5) is 0 Å². The second kappa shape index (κ2) is 5.70. The maximum Gasteiger partial charge on any atom is 0.309 e. The Morgan fingerprint density at radius 3 is 2.81 bits per heavy atom. The number of esters is 1. The van der Waals surface area contributed by atoms with Crippen LogP contribution in [0.1, 0.15) is 22.3 Å². The van der Waals surface area contributed by atoms with Gasteiger partial charge < -0.3 is 9.84 Å². The van der Waals surface area contributed by atoms with Crippen molar-refractivity contribution in [3.63, 3.8) is 0 Å². The smallest absolute Gasteiger partial charge is 0.309 e. The van der Waals surface area contributed by atoms with Crippen LogP contribution in [0.3, 0.4) is 0 Å². The first-order valence-electron chi connectivity index (χ1n) is 4.69. The summed E-state index contributed by atoms with van der Waals surface area (Å²) in [6, 6.07) is 4.65. The number of ether oxygens (including phenoxy) is 1. The zero-order valence-electron chi connectivity index (χ0n) is 8.84. The van der Waals surface area contributed by atoms with Crippen LogP contribution in [0.5, 0.6) is 5.75 Å². The fourth-order valence-corrected chi connectivity index (χ4v) is 1.14. The number of rotatable bonds is 4. The van der Waals surface area contributed by atoms with Gasteiger partial charge in [0, 0.05) is 0 Å². The van der Waals surface area contributed by atoms with Gasteiger partial charge in [0.15, 0.2) is 6.29 Å². The Bertz CT molecular complexity index is 421. The predicted octanol–water partition coefficient (Wildman–Crippen LogP) is 1.78. The number of phenolic OH excluding ortho intramolecular Hbond substituents is 1. The average Bonchev–Trinajstić information content (AvgIpc) is 2.29. The normalized spacial score (nSPS) is 10.3. The average molecular weight is 220 g/mol. The van der Waals surface area contributed by atoms with Crippen molar-refractivity contribution in [1.29, 1.82) is 0 Å². The van der Waals surface area contributed by atoms with Crippen LogP contribution in [0, 0.1) is 0 Å². The molecule has 0 amide bonds. The van der Waals surface area contributed by atoms with Gasteiger partial charge in [-0.25, -0.2) is 0 Å². The van der Waals surface area contributed by atoms with Crippen LogP contribution < -0.4 is 0 Å².